The first kappa shape index (κ1) is 20.3. The van der Waals surface area contributed by atoms with E-state index in [9.17, 15) is 12.8 Å². The van der Waals surface area contributed by atoms with Gasteiger partial charge in [-0.1, -0.05) is 17.7 Å². The smallest absolute Gasteiger partial charge is 0.218 e. The van der Waals surface area contributed by atoms with Crippen molar-refractivity contribution in [1.82, 2.24) is 18.8 Å². The molecule has 0 aliphatic carbocycles. The molecule has 2 aromatic heterocycles. The van der Waals surface area contributed by atoms with Crippen LogP contribution < -0.4 is 0 Å². The van der Waals surface area contributed by atoms with E-state index in [2.05, 4.69) is 16.5 Å². The molecule has 3 heterocycles. The maximum Gasteiger partial charge on any atom is 0.218 e. The summed E-state index contributed by atoms with van der Waals surface area (Å²) in [5.74, 6) is 0.421. The molecule has 1 atom stereocenters. The highest BCUT2D eigenvalue weighted by Gasteiger charge is 2.32. The molecule has 0 bridgehead atoms. The van der Waals surface area contributed by atoms with Gasteiger partial charge < -0.3 is 4.57 Å². The molecule has 0 amide bonds. The van der Waals surface area contributed by atoms with Gasteiger partial charge >= 0.3 is 0 Å². The molecule has 154 valence electrons. The number of fused-ring (bicyclic) bond motifs is 1. The molecular weight excluding hydrogens is 415 g/mol. The average Bonchev–Trinajstić information content (AvgIpc) is 3.29. The molecular formula is C20H22ClFN4O2S. The lowest BCUT2D eigenvalue weighted by Crippen LogP contribution is -2.30. The lowest BCUT2D eigenvalue weighted by molar-refractivity contribution is 0.450. The Balaban J connectivity index is 1.47. The first-order valence-electron chi connectivity index (χ1n) is 9.59. The summed E-state index contributed by atoms with van der Waals surface area (Å²) in [4.78, 5) is 9.12. The summed E-state index contributed by atoms with van der Waals surface area (Å²) >= 11 is 6.01. The van der Waals surface area contributed by atoms with Crippen LogP contribution in [0.2, 0.25) is 5.02 Å². The van der Waals surface area contributed by atoms with Crippen molar-refractivity contribution in [1.29, 1.82) is 0 Å². The first-order chi connectivity index (χ1) is 13.9. The van der Waals surface area contributed by atoms with Gasteiger partial charge in [0.25, 0.3) is 0 Å². The standard InChI is InChI=1S/C20H22ClFN4O2S/c1-2-26-19(24-18-4-3-8-23-20(18)26)10-14-7-9-25(12-14)29(27,28)13-15-5-6-16(22)11-17(15)21/h3-6,8,11,14H,2,7,9-10,12-13H2,1H3. The van der Waals surface area contributed by atoms with Crippen LogP contribution in [0.4, 0.5) is 4.39 Å². The monoisotopic (exact) mass is 436 g/mol. The van der Waals surface area contributed by atoms with Crippen LogP contribution in [0, 0.1) is 11.7 Å². The number of aromatic nitrogens is 3. The molecule has 0 N–H and O–H groups in total. The summed E-state index contributed by atoms with van der Waals surface area (Å²) < 4.78 is 42.5. The number of nitrogens with zero attached hydrogens (tertiary/aromatic N) is 4. The Morgan fingerprint density at radius 2 is 2.14 bits per heavy atom. The van der Waals surface area contributed by atoms with Crippen molar-refractivity contribution in [3.05, 3.63) is 58.8 Å². The molecule has 1 fully saturated rings. The maximum atomic E-state index is 13.2. The number of rotatable bonds is 6. The lowest BCUT2D eigenvalue weighted by Gasteiger charge is -2.17. The largest absolute Gasteiger partial charge is 0.313 e. The Labute approximate surface area is 174 Å². The van der Waals surface area contributed by atoms with Gasteiger partial charge in [0, 0.05) is 37.3 Å². The zero-order valence-corrected chi connectivity index (χ0v) is 17.6. The second-order valence-corrected chi connectivity index (χ2v) is 9.70. The van der Waals surface area contributed by atoms with Crippen LogP contribution in [0.3, 0.4) is 0 Å². The van der Waals surface area contributed by atoms with Gasteiger partial charge in [0.1, 0.15) is 17.2 Å². The van der Waals surface area contributed by atoms with Crippen LogP contribution in [-0.4, -0.2) is 40.3 Å². The number of hydrogen-bond donors (Lipinski definition) is 0. The SMILES string of the molecule is CCn1c(CC2CCN(S(=O)(=O)Cc3ccc(F)cc3Cl)C2)nc2cccnc21. The van der Waals surface area contributed by atoms with Crippen LogP contribution in [0.5, 0.6) is 0 Å². The van der Waals surface area contributed by atoms with Crippen LogP contribution in [0.15, 0.2) is 36.5 Å². The lowest BCUT2D eigenvalue weighted by atomic mass is 10.0. The van der Waals surface area contributed by atoms with Crippen LogP contribution >= 0.6 is 11.6 Å². The van der Waals surface area contributed by atoms with Crippen molar-refractivity contribution in [3.8, 4) is 0 Å². The molecule has 29 heavy (non-hydrogen) atoms. The summed E-state index contributed by atoms with van der Waals surface area (Å²) in [5, 5.41) is 0.133. The van der Waals surface area contributed by atoms with E-state index >= 15 is 0 Å². The predicted molar refractivity (Wildman–Crippen MR) is 111 cm³/mol. The van der Waals surface area contributed by atoms with E-state index in [0.717, 1.165) is 36.0 Å². The maximum absolute atomic E-state index is 13.2. The molecule has 4 rings (SSSR count). The van der Waals surface area contributed by atoms with Gasteiger partial charge in [-0.15, -0.1) is 0 Å². The second-order valence-electron chi connectivity index (χ2n) is 7.33. The predicted octanol–water partition coefficient (Wildman–Crippen LogP) is 3.64. The van der Waals surface area contributed by atoms with E-state index in [1.807, 2.05) is 12.1 Å². The first-order valence-corrected chi connectivity index (χ1v) is 11.6. The second kappa shape index (κ2) is 8.01. The number of pyridine rings is 1. The zero-order valence-electron chi connectivity index (χ0n) is 16.1. The Kier molecular flexibility index (Phi) is 5.59. The highest BCUT2D eigenvalue weighted by molar-refractivity contribution is 7.88. The van der Waals surface area contributed by atoms with Gasteiger partial charge in [0.05, 0.1) is 5.75 Å². The van der Waals surface area contributed by atoms with E-state index in [0.29, 0.717) is 25.1 Å². The van der Waals surface area contributed by atoms with E-state index < -0.39 is 15.8 Å². The third kappa shape index (κ3) is 4.15. The van der Waals surface area contributed by atoms with Crippen molar-refractivity contribution in [3.63, 3.8) is 0 Å². The van der Waals surface area contributed by atoms with Gasteiger partial charge in [-0.3, -0.25) is 0 Å². The highest BCUT2D eigenvalue weighted by atomic mass is 35.5. The third-order valence-electron chi connectivity index (χ3n) is 5.37. The fraction of sp³-hybridized carbons (Fsp3) is 0.400. The normalized spacial score (nSPS) is 18.0. The van der Waals surface area contributed by atoms with Crippen molar-refractivity contribution in [2.24, 2.45) is 5.92 Å². The highest BCUT2D eigenvalue weighted by Crippen LogP contribution is 2.27. The van der Waals surface area contributed by atoms with Gasteiger partial charge in [-0.25, -0.2) is 27.1 Å². The summed E-state index contributed by atoms with van der Waals surface area (Å²) in [6.45, 7) is 3.73. The molecule has 1 aliphatic rings. The molecule has 9 heteroatoms. The van der Waals surface area contributed by atoms with Crippen molar-refractivity contribution in [2.75, 3.05) is 13.1 Å². The summed E-state index contributed by atoms with van der Waals surface area (Å²) in [5.41, 5.74) is 2.13. The van der Waals surface area contributed by atoms with Crippen molar-refractivity contribution < 1.29 is 12.8 Å². The van der Waals surface area contributed by atoms with Gasteiger partial charge in [-0.05, 0) is 49.1 Å². The quantitative estimate of drug-likeness (QED) is 0.591. The van der Waals surface area contributed by atoms with E-state index in [1.54, 1.807) is 6.20 Å². The summed E-state index contributed by atoms with van der Waals surface area (Å²) in [6.07, 6.45) is 3.23. The Bertz CT molecular complexity index is 1150. The minimum Gasteiger partial charge on any atom is -0.313 e. The minimum absolute atomic E-state index is 0.133. The number of hydrogen-bond acceptors (Lipinski definition) is 4. The van der Waals surface area contributed by atoms with Crippen LogP contribution in [0.25, 0.3) is 11.2 Å². The Hall–Kier alpha value is -2.03. The number of sulfonamides is 1. The van der Waals surface area contributed by atoms with E-state index in [-0.39, 0.29) is 16.7 Å². The zero-order chi connectivity index (χ0) is 20.6. The molecule has 0 radical (unpaired) electrons. The van der Waals surface area contributed by atoms with E-state index in [4.69, 9.17) is 16.6 Å². The molecule has 1 aliphatic heterocycles. The van der Waals surface area contributed by atoms with Crippen LogP contribution in [-0.2, 0) is 28.7 Å². The van der Waals surface area contributed by atoms with Gasteiger partial charge in [-0.2, -0.15) is 0 Å². The fourth-order valence-corrected chi connectivity index (χ4v) is 5.86. The Morgan fingerprint density at radius 1 is 1.31 bits per heavy atom. The molecule has 1 saturated heterocycles. The molecule has 1 aromatic carbocycles. The number of benzene rings is 1. The summed E-state index contributed by atoms with van der Waals surface area (Å²) in [7, 11) is -3.53. The van der Waals surface area contributed by atoms with Crippen molar-refractivity contribution in [2.45, 2.75) is 32.1 Å². The van der Waals surface area contributed by atoms with E-state index in [1.165, 1.54) is 16.4 Å². The number of halogens is 2. The number of aryl methyl sites for hydroxylation is 1. The molecule has 0 saturated carbocycles. The topological polar surface area (TPSA) is 68.1 Å². The van der Waals surface area contributed by atoms with Crippen molar-refractivity contribution >= 4 is 32.8 Å². The minimum atomic E-state index is -3.53. The third-order valence-corrected chi connectivity index (χ3v) is 7.51. The van der Waals surface area contributed by atoms with Crippen LogP contribution in [0.1, 0.15) is 24.7 Å². The van der Waals surface area contributed by atoms with Gasteiger partial charge in [0.15, 0.2) is 5.65 Å². The molecule has 0 spiro atoms. The summed E-state index contributed by atoms with van der Waals surface area (Å²) in [6, 6.07) is 7.61. The molecule has 3 aromatic rings. The molecule has 6 nitrogen and oxygen atoms in total. The molecule has 1 unspecified atom stereocenters. The fourth-order valence-electron chi connectivity index (χ4n) is 3.89. The average molecular weight is 437 g/mol. The number of imidazole rings is 1. The van der Waals surface area contributed by atoms with Gasteiger partial charge in [0.2, 0.25) is 10.0 Å². The Morgan fingerprint density at radius 3 is 2.90 bits per heavy atom.